The molecule has 4 N–H and O–H groups in total. The maximum absolute atomic E-state index is 11.5. The molecule has 6 heteroatoms. The van der Waals surface area contributed by atoms with E-state index in [0.29, 0.717) is 60.4 Å². The summed E-state index contributed by atoms with van der Waals surface area (Å²) < 4.78 is 13.3. The number of aliphatic hydroxyl groups is 1. The molecule has 7 fully saturated rings. The van der Waals surface area contributed by atoms with Crippen LogP contribution in [0.2, 0.25) is 0 Å². The molecule has 0 aromatic rings. The molecule has 1 aliphatic heterocycles. The fourth-order valence-corrected chi connectivity index (χ4v) is 11.0. The molecule has 6 aliphatic carbocycles. The summed E-state index contributed by atoms with van der Waals surface area (Å²) in [6.07, 6.45) is 33.5. The van der Waals surface area contributed by atoms with Crippen LogP contribution in [0.5, 0.6) is 0 Å². The molecule has 246 valence electrons. The van der Waals surface area contributed by atoms with Gasteiger partial charge in [-0.05, 0) is 120 Å². The largest absolute Gasteiger partial charge is 0.393 e. The van der Waals surface area contributed by atoms with Gasteiger partial charge in [0.1, 0.15) is 0 Å². The summed E-state index contributed by atoms with van der Waals surface area (Å²) in [5.74, 6) is 3.11. The fourth-order valence-electron chi connectivity index (χ4n) is 11.0. The Morgan fingerprint density at radius 1 is 0.372 bits per heavy atom. The van der Waals surface area contributed by atoms with E-state index < -0.39 is 0 Å². The summed E-state index contributed by atoms with van der Waals surface area (Å²) in [4.78, 5) is 0. The quantitative estimate of drug-likeness (QED) is 0.249. The number of hydrogen-bond donors (Lipinski definition) is 4. The first-order chi connectivity index (χ1) is 21.2. The minimum Gasteiger partial charge on any atom is -0.393 e. The Kier molecular flexibility index (Phi) is 11.0. The standard InChI is InChI=1S/C37H65N3O3/c41-33-24-19-25-9-7-8-14-32(25)34(33)37-39-35(26-15-20-30(21-16-26)42-28-10-3-1-4-11-28)38-36(40-37)27-17-22-31(23-18-27)43-29-12-5-2-6-13-29/h25-41H,1-24H2. The van der Waals surface area contributed by atoms with E-state index in [9.17, 15) is 5.11 Å². The second kappa shape index (κ2) is 15.1. The maximum Gasteiger partial charge on any atom is 0.0652 e. The van der Waals surface area contributed by atoms with E-state index in [2.05, 4.69) is 16.0 Å². The van der Waals surface area contributed by atoms with E-state index in [1.165, 1.54) is 148 Å². The third kappa shape index (κ3) is 7.84. The molecule has 0 amide bonds. The average molecular weight is 600 g/mol. The van der Waals surface area contributed by atoms with Gasteiger partial charge in [-0.15, -0.1) is 0 Å². The van der Waals surface area contributed by atoms with Crippen molar-refractivity contribution in [3.63, 3.8) is 0 Å². The average Bonchev–Trinajstić information content (AvgIpc) is 3.06. The van der Waals surface area contributed by atoms with Gasteiger partial charge in [0.15, 0.2) is 0 Å². The summed E-state index contributed by atoms with van der Waals surface area (Å²) in [6.45, 7) is 0. The second-order valence-corrected chi connectivity index (χ2v) is 16.2. The van der Waals surface area contributed by atoms with Gasteiger partial charge in [-0.2, -0.15) is 0 Å². The van der Waals surface area contributed by atoms with E-state index in [4.69, 9.17) is 9.47 Å². The van der Waals surface area contributed by atoms with Gasteiger partial charge in [-0.1, -0.05) is 57.8 Å². The highest BCUT2D eigenvalue weighted by atomic mass is 16.5. The van der Waals surface area contributed by atoms with Gasteiger partial charge in [-0.3, -0.25) is 16.0 Å². The SMILES string of the molecule is OC1CCC2CCCCC2C1C1NC(C2CCC(OC3CCCCC3)CC2)NC(C2CCC(OC3CCCCC3)CC2)N1. The van der Waals surface area contributed by atoms with Crippen LogP contribution in [0.15, 0.2) is 0 Å². The summed E-state index contributed by atoms with van der Waals surface area (Å²) in [7, 11) is 0. The first-order valence-corrected chi connectivity index (χ1v) is 19.5. The molecular formula is C37H65N3O3. The smallest absolute Gasteiger partial charge is 0.0652 e. The van der Waals surface area contributed by atoms with Crippen LogP contribution in [0, 0.1) is 29.6 Å². The molecule has 6 nitrogen and oxygen atoms in total. The Labute approximate surface area is 263 Å². The minimum atomic E-state index is -0.178. The maximum atomic E-state index is 11.5. The molecule has 0 radical (unpaired) electrons. The van der Waals surface area contributed by atoms with Crippen molar-refractivity contribution < 1.29 is 14.6 Å². The molecule has 1 heterocycles. The molecule has 6 atom stereocenters. The first-order valence-electron chi connectivity index (χ1n) is 19.5. The normalized spacial score (nSPS) is 45.8. The molecule has 6 unspecified atom stereocenters. The van der Waals surface area contributed by atoms with Crippen LogP contribution in [-0.4, -0.2) is 54.1 Å². The van der Waals surface area contributed by atoms with E-state index in [0.717, 1.165) is 12.3 Å². The lowest BCUT2D eigenvalue weighted by atomic mass is 9.63. The molecule has 1 saturated heterocycles. The third-order valence-corrected chi connectivity index (χ3v) is 13.5. The number of rotatable bonds is 7. The predicted molar refractivity (Wildman–Crippen MR) is 172 cm³/mol. The summed E-state index contributed by atoms with van der Waals surface area (Å²) in [5, 5.41) is 23.9. The number of nitrogens with one attached hydrogen (secondary N) is 3. The number of fused-ring (bicyclic) bond motifs is 1. The number of aliphatic hydroxyl groups excluding tert-OH is 1. The van der Waals surface area contributed by atoms with Crippen molar-refractivity contribution in [3.05, 3.63) is 0 Å². The Balaban J connectivity index is 0.998. The second-order valence-electron chi connectivity index (χ2n) is 16.2. The van der Waals surface area contributed by atoms with Gasteiger partial charge in [0.25, 0.3) is 0 Å². The fraction of sp³-hybridized carbons (Fsp3) is 1.00. The monoisotopic (exact) mass is 600 g/mol. The third-order valence-electron chi connectivity index (χ3n) is 13.5. The molecule has 0 aromatic carbocycles. The van der Waals surface area contributed by atoms with Crippen molar-refractivity contribution in [3.8, 4) is 0 Å². The van der Waals surface area contributed by atoms with E-state index >= 15 is 0 Å². The summed E-state index contributed by atoms with van der Waals surface area (Å²) >= 11 is 0. The van der Waals surface area contributed by atoms with Crippen molar-refractivity contribution in [2.45, 2.75) is 203 Å². The van der Waals surface area contributed by atoms with Crippen LogP contribution < -0.4 is 16.0 Å². The highest BCUT2D eigenvalue weighted by molar-refractivity contribution is 5.00. The Morgan fingerprint density at radius 3 is 1.33 bits per heavy atom. The molecular weight excluding hydrogens is 534 g/mol. The lowest BCUT2D eigenvalue weighted by molar-refractivity contribution is -0.0758. The van der Waals surface area contributed by atoms with Crippen molar-refractivity contribution >= 4 is 0 Å². The van der Waals surface area contributed by atoms with Crippen molar-refractivity contribution in [1.82, 2.24) is 16.0 Å². The van der Waals surface area contributed by atoms with E-state index in [-0.39, 0.29) is 12.3 Å². The molecule has 0 spiro atoms. The number of ether oxygens (including phenoxy) is 2. The Hall–Kier alpha value is -0.240. The van der Waals surface area contributed by atoms with Crippen molar-refractivity contribution in [2.75, 3.05) is 0 Å². The van der Waals surface area contributed by atoms with Gasteiger partial charge in [-0.25, -0.2) is 0 Å². The van der Waals surface area contributed by atoms with Crippen LogP contribution in [0.4, 0.5) is 0 Å². The van der Waals surface area contributed by atoms with Crippen molar-refractivity contribution in [2.24, 2.45) is 29.6 Å². The molecule has 0 bridgehead atoms. The zero-order valence-electron chi connectivity index (χ0n) is 27.2. The van der Waals surface area contributed by atoms with E-state index in [1.807, 2.05) is 0 Å². The van der Waals surface area contributed by atoms with Crippen LogP contribution in [-0.2, 0) is 9.47 Å². The number of hydrogen-bond acceptors (Lipinski definition) is 6. The zero-order chi connectivity index (χ0) is 29.0. The molecule has 0 aromatic heterocycles. The lowest BCUT2D eigenvalue weighted by Gasteiger charge is -2.53. The lowest BCUT2D eigenvalue weighted by Crippen LogP contribution is -2.74. The van der Waals surface area contributed by atoms with Crippen LogP contribution in [0.25, 0.3) is 0 Å². The topological polar surface area (TPSA) is 74.8 Å². The van der Waals surface area contributed by atoms with Gasteiger partial charge in [0, 0.05) is 5.92 Å². The van der Waals surface area contributed by atoms with Crippen LogP contribution in [0.3, 0.4) is 0 Å². The minimum absolute atomic E-state index is 0.178. The van der Waals surface area contributed by atoms with Gasteiger partial charge >= 0.3 is 0 Å². The van der Waals surface area contributed by atoms with Crippen molar-refractivity contribution in [1.29, 1.82) is 0 Å². The van der Waals surface area contributed by atoms with Crippen LogP contribution >= 0.6 is 0 Å². The Morgan fingerprint density at radius 2 is 0.791 bits per heavy atom. The molecule has 43 heavy (non-hydrogen) atoms. The van der Waals surface area contributed by atoms with Gasteiger partial charge in [0.05, 0.1) is 49.0 Å². The highest BCUT2D eigenvalue weighted by Crippen LogP contribution is 2.46. The molecule has 7 rings (SSSR count). The highest BCUT2D eigenvalue weighted by Gasteiger charge is 2.48. The predicted octanol–water partition coefficient (Wildman–Crippen LogP) is 7.14. The van der Waals surface area contributed by atoms with Crippen LogP contribution in [0.1, 0.15) is 154 Å². The summed E-state index contributed by atoms with van der Waals surface area (Å²) in [6, 6.07) is 0. The Bertz CT molecular complexity index is 783. The van der Waals surface area contributed by atoms with Gasteiger partial charge < -0.3 is 14.6 Å². The summed E-state index contributed by atoms with van der Waals surface area (Å²) in [5.41, 5.74) is 0. The molecule has 7 aliphatic rings. The molecule has 6 saturated carbocycles. The zero-order valence-corrected chi connectivity index (χ0v) is 27.2. The van der Waals surface area contributed by atoms with E-state index in [1.54, 1.807) is 0 Å². The van der Waals surface area contributed by atoms with Gasteiger partial charge in [0.2, 0.25) is 0 Å². The first kappa shape index (κ1) is 31.4.